The van der Waals surface area contributed by atoms with E-state index >= 15 is 0 Å². The number of aromatic nitrogens is 1. The van der Waals surface area contributed by atoms with Gasteiger partial charge in [-0.3, -0.25) is 0 Å². The molecule has 0 saturated carbocycles. The zero-order chi connectivity index (χ0) is 11.8. The maximum Gasteiger partial charge on any atom is 0.209 e. The molecule has 2 aromatic rings. The highest BCUT2D eigenvalue weighted by atomic mass is 35.5. The lowest BCUT2D eigenvalue weighted by atomic mass is 10.1. The van der Waals surface area contributed by atoms with E-state index in [0.717, 1.165) is 11.1 Å². The van der Waals surface area contributed by atoms with Crippen molar-refractivity contribution in [1.82, 2.24) is 10.3 Å². The van der Waals surface area contributed by atoms with Crippen molar-refractivity contribution >= 4 is 22.7 Å². The summed E-state index contributed by atoms with van der Waals surface area (Å²) in [7, 11) is 0. The second kappa shape index (κ2) is 4.07. The van der Waals surface area contributed by atoms with E-state index in [2.05, 4.69) is 31.1 Å². The van der Waals surface area contributed by atoms with Crippen LogP contribution in [0.5, 0.6) is 0 Å². The van der Waals surface area contributed by atoms with Crippen LogP contribution in [-0.4, -0.2) is 10.5 Å². The Bertz CT molecular complexity index is 499. The van der Waals surface area contributed by atoms with Gasteiger partial charge in [0.25, 0.3) is 0 Å². The van der Waals surface area contributed by atoms with Crippen molar-refractivity contribution in [3.05, 3.63) is 29.1 Å². The Morgan fingerprint density at radius 1 is 1.38 bits per heavy atom. The molecule has 3 nitrogen and oxygen atoms in total. The number of rotatable bonds is 2. The molecule has 0 saturated heterocycles. The van der Waals surface area contributed by atoms with Crippen LogP contribution in [0.25, 0.3) is 11.1 Å². The number of hydrogen-bond acceptors (Lipinski definition) is 3. The lowest BCUT2D eigenvalue weighted by Crippen LogP contribution is -2.35. The van der Waals surface area contributed by atoms with E-state index in [0.29, 0.717) is 17.5 Å². The molecular weight excluding hydrogens is 224 g/mol. The van der Waals surface area contributed by atoms with Crippen molar-refractivity contribution in [2.24, 2.45) is 0 Å². The largest absolute Gasteiger partial charge is 0.439 e. The molecule has 0 atom stereocenters. The first-order valence-electron chi connectivity index (χ1n) is 5.24. The van der Waals surface area contributed by atoms with Crippen molar-refractivity contribution in [1.29, 1.82) is 0 Å². The number of hydrogen-bond donors (Lipinski definition) is 1. The topological polar surface area (TPSA) is 38.1 Å². The lowest BCUT2D eigenvalue weighted by molar-refractivity contribution is 0.388. The Labute approximate surface area is 99.8 Å². The van der Waals surface area contributed by atoms with Crippen LogP contribution in [0.3, 0.4) is 0 Å². The van der Waals surface area contributed by atoms with Crippen LogP contribution >= 0.6 is 11.6 Å². The van der Waals surface area contributed by atoms with Gasteiger partial charge in [0.2, 0.25) is 5.89 Å². The minimum atomic E-state index is 0.0539. The molecule has 0 aliphatic heterocycles. The molecule has 0 bridgehead atoms. The molecule has 0 spiro atoms. The monoisotopic (exact) mass is 238 g/mol. The highest BCUT2D eigenvalue weighted by Crippen LogP contribution is 2.20. The zero-order valence-corrected chi connectivity index (χ0v) is 10.4. The third-order valence-corrected chi connectivity index (χ3v) is 2.40. The first-order chi connectivity index (χ1) is 7.44. The first-order valence-corrected chi connectivity index (χ1v) is 5.62. The summed E-state index contributed by atoms with van der Waals surface area (Å²) in [6, 6.07) is 5.45. The van der Waals surface area contributed by atoms with Gasteiger partial charge in [0.1, 0.15) is 5.52 Å². The van der Waals surface area contributed by atoms with Crippen LogP contribution in [0.1, 0.15) is 26.7 Å². The fourth-order valence-electron chi connectivity index (χ4n) is 1.36. The van der Waals surface area contributed by atoms with Gasteiger partial charge < -0.3 is 9.73 Å². The van der Waals surface area contributed by atoms with E-state index < -0.39 is 0 Å². The molecule has 2 rings (SSSR count). The Morgan fingerprint density at radius 2 is 2.12 bits per heavy atom. The maximum absolute atomic E-state index is 5.88. The van der Waals surface area contributed by atoms with Crippen LogP contribution in [0.2, 0.25) is 5.02 Å². The quantitative estimate of drug-likeness (QED) is 0.872. The third-order valence-electron chi connectivity index (χ3n) is 2.16. The van der Waals surface area contributed by atoms with E-state index in [1.54, 1.807) is 12.1 Å². The second-order valence-corrected chi connectivity index (χ2v) is 5.26. The molecule has 0 aliphatic carbocycles. The van der Waals surface area contributed by atoms with Gasteiger partial charge in [0.15, 0.2) is 5.58 Å². The average molecular weight is 239 g/mol. The number of halogens is 1. The predicted octanol–water partition coefficient (Wildman–Crippen LogP) is 3.37. The molecule has 0 aliphatic rings. The molecule has 86 valence electrons. The normalized spacial score (nSPS) is 12.2. The van der Waals surface area contributed by atoms with Gasteiger partial charge in [-0.15, -0.1) is 0 Å². The van der Waals surface area contributed by atoms with Crippen LogP contribution in [0.4, 0.5) is 0 Å². The van der Waals surface area contributed by atoms with Gasteiger partial charge in [0, 0.05) is 10.6 Å². The summed E-state index contributed by atoms with van der Waals surface area (Å²) < 4.78 is 5.59. The molecule has 16 heavy (non-hydrogen) atoms. The van der Waals surface area contributed by atoms with Crippen molar-refractivity contribution in [2.45, 2.75) is 32.9 Å². The molecule has 4 heteroatoms. The van der Waals surface area contributed by atoms with Gasteiger partial charge in [-0.2, -0.15) is 0 Å². The molecule has 0 fully saturated rings. The molecular formula is C12H15ClN2O. The van der Waals surface area contributed by atoms with Gasteiger partial charge in [-0.25, -0.2) is 4.98 Å². The summed E-state index contributed by atoms with van der Waals surface area (Å²) >= 11 is 5.88. The highest BCUT2D eigenvalue weighted by Gasteiger charge is 2.11. The summed E-state index contributed by atoms with van der Waals surface area (Å²) in [4.78, 5) is 4.36. The summed E-state index contributed by atoms with van der Waals surface area (Å²) in [6.07, 6.45) is 0. The maximum atomic E-state index is 5.88. The minimum absolute atomic E-state index is 0.0539. The molecule has 1 heterocycles. The number of nitrogens with one attached hydrogen (secondary N) is 1. The van der Waals surface area contributed by atoms with E-state index in [1.807, 2.05) is 6.07 Å². The minimum Gasteiger partial charge on any atom is -0.439 e. The van der Waals surface area contributed by atoms with Crippen molar-refractivity contribution in [2.75, 3.05) is 0 Å². The van der Waals surface area contributed by atoms with Crippen LogP contribution in [0, 0.1) is 0 Å². The van der Waals surface area contributed by atoms with Gasteiger partial charge >= 0.3 is 0 Å². The van der Waals surface area contributed by atoms with Crippen LogP contribution in [-0.2, 0) is 6.54 Å². The fourth-order valence-corrected chi connectivity index (χ4v) is 1.53. The highest BCUT2D eigenvalue weighted by molar-refractivity contribution is 6.31. The third kappa shape index (κ3) is 2.74. The van der Waals surface area contributed by atoms with Gasteiger partial charge in [0.05, 0.1) is 6.54 Å². The van der Waals surface area contributed by atoms with E-state index in [9.17, 15) is 0 Å². The molecule has 0 radical (unpaired) electrons. The predicted molar refractivity (Wildman–Crippen MR) is 65.6 cm³/mol. The number of oxazole rings is 1. The molecule has 0 amide bonds. The summed E-state index contributed by atoms with van der Waals surface area (Å²) in [6.45, 7) is 6.93. The number of fused-ring (bicyclic) bond motifs is 1. The fraction of sp³-hybridized carbons (Fsp3) is 0.417. The molecule has 1 aromatic carbocycles. The number of nitrogens with zero attached hydrogens (tertiary/aromatic N) is 1. The zero-order valence-electron chi connectivity index (χ0n) is 9.67. The summed E-state index contributed by atoms with van der Waals surface area (Å²) in [5, 5.41) is 4.00. The lowest BCUT2D eigenvalue weighted by Gasteiger charge is -2.18. The van der Waals surface area contributed by atoms with Crippen molar-refractivity contribution in [3.8, 4) is 0 Å². The summed E-state index contributed by atoms with van der Waals surface area (Å²) in [5.41, 5.74) is 1.63. The summed E-state index contributed by atoms with van der Waals surface area (Å²) in [5.74, 6) is 0.687. The van der Waals surface area contributed by atoms with Crippen LogP contribution < -0.4 is 5.32 Å². The Morgan fingerprint density at radius 3 is 2.81 bits per heavy atom. The second-order valence-electron chi connectivity index (χ2n) is 4.82. The Balaban J connectivity index is 2.20. The Hall–Kier alpha value is -1.06. The number of benzene rings is 1. The SMILES string of the molecule is CC(C)(C)NCc1nc2cc(Cl)ccc2o1. The van der Waals surface area contributed by atoms with E-state index in [1.165, 1.54) is 0 Å². The standard InChI is InChI=1S/C12H15ClN2O/c1-12(2,3)14-7-11-15-9-6-8(13)4-5-10(9)16-11/h4-6,14H,7H2,1-3H3. The van der Waals surface area contributed by atoms with Gasteiger partial charge in [-0.1, -0.05) is 11.6 Å². The van der Waals surface area contributed by atoms with Gasteiger partial charge in [-0.05, 0) is 39.0 Å². The first kappa shape index (κ1) is 11.4. The molecule has 1 aromatic heterocycles. The van der Waals surface area contributed by atoms with E-state index in [4.69, 9.17) is 16.0 Å². The van der Waals surface area contributed by atoms with Crippen molar-refractivity contribution < 1.29 is 4.42 Å². The Kier molecular flexibility index (Phi) is 2.91. The van der Waals surface area contributed by atoms with E-state index in [-0.39, 0.29) is 5.54 Å². The molecule has 0 unspecified atom stereocenters. The van der Waals surface area contributed by atoms with Crippen LogP contribution in [0.15, 0.2) is 22.6 Å². The van der Waals surface area contributed by atoms with Crippen molar-refractivity contribution in [3.63, 3.8) is 0 Å². The average Bonchev–Trinajstić information content (AvgIpc) is 2.55. The smallest absolute Gasteiger partial charge is 0.209 e. The molecule has 1 N–H and O–H groups in total.